The molecule has 2 heterocycles. The molecule has 0 amide bonds. The van der Waals surface area contributed by atoms with Crippen LogP contribution >= 0.6 is 11.3 Å². The highest BCUT2D eigenvalue weighted by atomic mass is 32.1. The van der Waals surface area contributed by atoms with Crippen LogP contribution in [0, 0.1) is 5.41 Å². The molecule has 0 aliphatic heterocycles. The van der Waals surface area contributed by atoms with Gasteiger partial charge in [-0.1, -0.05) is 44.2 Å². The van der Waals surface area contributed by atoms with Crippen molar-refractivity contribution >= 4 is 21.6 Å². The Morgan fingerprint density at radius 2 is 2.05 bits per heavy atom. The molecule has 112 valence electrons. The number of benzene rings is 1. The molecule has 0 spiro atoms. The zero-order chi connectivity index (χ0) is 15.1. The summed E-state index contributed by atoms with van der Waals surface area (Å²) >= 11 is 1.72. The molecule has 1 fully saturated rings. The van der Waals surface area contributed by atoms with Crippen molar-refractivity contribution in [3.05, 3.63) is 41.7 Å². The number of thiazole rings is 1. The van der Waals surface area contributed by atoms with Gasteiger partial charge >= 0.3 is 0 Å². The lowest BCUT2D eigenvalue weighted by molar-refractivity contribution is 0.224. The molecule has 2 atom stereocenters. The van der Waals surface area contributed by atoms with Crippen LogP contribution in [0.4, 0.5) is 0 Å². The maximum absolute atomic E-state index is 4.97. The summed E-state index contributed by atoms with van der Waals surface area (Å²) in [6.07, 6.45) is 4.79. The fourth-order valence-electron chi connectivity index (χ4n) is 4.60. The van der Waals surface area contributed by atoms with Gasteiger partial charge in [0.25, 0.3) is 0 Å². The lowest BCUT2D eigenvalue weighted by atomic mass is 9.70. The molecule has 2 aliphatic rings. The normalized spacial score (nSPS) is 28.4. The number of hydrogen-bond donors (Lipinski definition) is 0. The summed E-state index contributed by atoms with van der Waals surface area (Å²) in [7, 11) is 0. The van der Waals surface area contributed by atoms with E-state index in [1.54, 1.807) is 11.3 Å². The monoisotopic (exact) mass is 309 g/mol. The number of aromatic nitrogens is 3. The van der Waals surface area contributed by atoms with Gasteiger partial charge in [-0.25, -0.2) is 9.67 Å². The number of fused-ring (bicyclic) bond motifs is 6. The second kappa shape index (κ2) is 3.80. The van der Waals surface area contributed by atoms with Gasteiger partial charge < -0.3 is 0 Å². The van der Waals surface area contributed by atoms with E-state index in [4.69, 9.17) is 10.1 Å². The maximum atomic E-state index is 4.97. The Kier molecular flexibility index (Phi) is 2.21. The van der Waals surface area contributed by atoms with Crippen molar-refractivity contribution in [3.63, 3.8) is 0 Å². The zero-order valence-corrected chi connectivity index (χ0v) is 13.9. The van der Waals surface area contributed by atoms with Gasteiger partial charge in [0.15, 0.2) is 0 Å². The first kappa shape index (κ1) is 12.8. The topological polar surface area (TPSA) is 30.7 Å². The van der Waals surface area contributed by atoms with Crippen molar-refractivity contribution in [2.24, 2.45) is 5.41 Å². The lowest BCUT2D eigenvalue weighted by Crippen LogP contribution is -2.32. The van der Waals surface area contributed by atoms with Crippen LogP contribution in [0.2, 0.25) is 0 Å². The van der Waals surface area contributed by atoms with Crippen LogP contribution in [-0.4, -0.2) is 14.8 Å². The summed E-state index contributed by atoms with van der Waals surface area (Å²) in [6, 6.07) is 8.30. The van der Waals surface area contributed by atoms with E-state index in [0.29, 0.717) is 11.3 Å². The molecular weight excluding hydrogens is 290 g/mol. The van der Waals surface area contributed by atoms with E-state index < -0.39 is 0 Å². The molecule has 2 aliphatic carbocycles. The average molecular weight is 309 g/mol. The predicted octanol–water partition coefficient (Wildman–Crippen LogP) is 4.66. The smallest absolute Gasteiger partial charge is 0.211 e. The Hall–Kier alpha value is -1.68. The van der Waals surface area contributed by atoms with Crippen LogP contribution < -0.4 is 0 Å². The summed E-state index contributed by atoms with van der Waals surface area (Å²) in [5.41, 5.74) is 4.38. The van der Waals surface area contributed by atoms with Gasteiger partial charge in [-0.15, -0.1) is 0 Å². The summed E-state index contributed by atoms with van der Waals surface area (Å²) in [5.74, 6) is 0.649. The van der Waals surface area contributed by atoms with Crippen molar-refractivity contribution in [2.45, 2.75) is 44.9 Å². The molecule has 3 aromatic rings. The Balaban J connectivity index is 1.67. The van der Waals surface area contributed by atoms with Gasteiger partial charge in [0.2, 0.25) is 5.13 Å². The fourth-order valence-corrected chi connectivity index (χ4v) is 5.49. The van der Waals surface area contributed by atoms with Crippen molar-refractivity contribution in [2.75, 3.05) is 0 Å². The fraction of sp³-hybridized carbons (Fsp3) is 0.444. The largest absolute Gasteiger partial charge is 0.218 e. The summed E-state index contributed by atoms with van der Waals surface area (Å²) in [6.45, 7) is 7.22. The first-order valence-corrected chi connectivity index (χ1v) is 8.78. The van der Waals surface area contributed by atoms with Crippen molar-refractivity contribution in [1.29, 1.82) is 0 Å². The minimum Gasteiger partial charge on any atom is -0.218 e. The van der Waals surface area contributed by atoms with Crippen LogP contribution in [0.25, 0.3) is 15.3 Å². The molecule has 1 saturated carbocycles. The van der Waals surface area contributed by atoms with Crippen LogP contribution in [0.15, 0.2) is 30.5 Å². The number of para-hydroxylation sites is 1. The van der Waals surface area contributed by atoms with E-state index in [2.05, 4.69) is 45.2 Å². The standard InChI is InChI=1S/C18H19N3S/c1-17(2)12-8-9-18(17,3)15-11(12)10-21(20-15)16-19-13-6-4-5-7-14(13)22-16/h4-7,10,12H,8-9H2,1-3H3/t12-,18+/m0/s1. The van der Waals surface area contributed by atoms with Gasteiger partial charge in [-0.2, -0.15) is 5.10 Å². The maximum Gasteiger partial charge on any atom is 0.211 e. The molecular formula is C18H19N3S. The molecule has 0 saturated heterocycles. The zero-order valence-electron chi connectivity index (χ0n) is 13.1. The third-order valence-corrected chi connectivity index (χ3v) is 7.37. The molecule has 22 heavy (non-hydrogen) atoms. The SMILES string of the molecule is CC1(C)[C@H]2CC[C@]1(C)c1nn(-c3nc4ccccc4s3)cc12. The van der Waals surface area contributed by atoms with E-state index in [-0.39, 0.29) is 5.41 Å². The molecule has 2 bridgehead atoms. The molecule has 0 radical (unpaired) electrons. The molecule has 3 nitrogen and oxygen atoms in total. The summed E-state index contributed by atoms with van der Waals surface area (Å²) in [4.78, 5) is 4.74. The minimum atomic E-state index is 0.217. The summed E-state index contributed by atoms with van der Waals surface area (Å²) < 4.78 is 3.24. The third kappa shape index (κ3) is 1.33. The molecule has 1 aromatic carbocycles. The second-order valence-corrected chi connectivity index (χ2v) is 8.50. The van der Waals surface area contributed by atoms with E-state index in [9.17, 15) is 0 Å². The van der Waals surface area contributed by atoms with Crippen molar-refractivity contribution in [3.8, 4) is 5.13 Å². The third-order valence-electron chi connectivity index (χ3n) is 6.35. The molecule has 5 rings (SSSR count). The Labute approximate surface area is 134 Å². The highest BCUT2D eigenvalue weighted by molar-refractivity contribution is 7.20. The van der Waals surface area contributed by atoms with Gasteiger partial charge in [-0.05, 0) is 41.9 Å². The van der Waals surface area contributed by atoms with Crippen molar-refractivity contribution < 1.29 is 0 Å². The highest BCUT2D eigenvalue weighted by Crippen LogP contribution is 2.67. The quantitative estimate of drug-likeness (QED) is 0.654. The van der Waals surface area contributed by atoms with Crippen LogP contribution in [-0.2, 0) is 5.41 Å². The van der Waals surface area contributed by atoms with Gasteiger partial charge in [0, 0.05) is 11.6 Å². The lowest BCUT2D eigenvalue weighted by Gasteiger charge is -2.34. The van der Waals surface area contributed by atoms with Crippen molar-refractivity contribution in [1.82, 2.24) is 14.8 Å². The van der Waals surface area contributed by atoms with E-state index >= 15 is 0 Å². The minimum absolute atomic E-state index is 0.217. The molecule has 2 aromatic heterocycles. The number of hydrogen-bond acceptors (Lipinski definition) is 3. The average Bonchev–Trinajstić information content (AvgIpc) is 3.18. The summed E-state index contributed by atoms with van der Waals surface area (Å²) in [5, 5.41) is 5.95. The van der Waals surface area contributed by atoms with Gasteiger partial charge in [0.05, 0.1) is 15.9 Å². The predicted molar refractivity (Wildman–Crippen MR) is 89.9 cm³/mol. The Bertz CT molecular complexity index is 871. The molecule has 0 unspecified atom stereocenters. The Morgan fingerprint density at radius 1 is 1.23 bits per heavy atom. The number of nitrogens with zero attached hydrogens (tertiary/aromatic N) is 3. The molecule has 4 heteroatoms. The van der Waals surface area contributed by atoms with Crippen LogP contribution in [0.3, 0.4) is 0 Å². The Morgan fingerprint density at radius 3 is 2.82 bits per heavy atom. The van der Waals surface area contributed by atoms with E-state index in [0.717, 1.165) is 10.6 Å². The molecule has 0 N–H and O–H groups in total. The van der Waals surface area contributed by atoms with Crippen LogP contribution in [0.5, 0.6) is 0 Å². The van der Waals surface area contributed by atoms with Crippen LogP contribution in [0.1, 0.15) is 50.8 Å². The first-order chi connectivity index (χ1) is 10.5. The second-order valence-electron chi connectivity index (χ2n) is 7.49. The van der Waals surface area contributed by atoms with E-state index in [1.165, 1.54) is 28.8 Å². The first-order valence-electron chi connectivity index (χ1n) is 7.97. The van der Waals surface area contributed by atoms with E-state index in [1.807, 2.05) is 10.7 Å². The highest BCUT2D eigenvalue weighted by Gasteiger charge is 2.61. The van der Waals surface area contributed by atoms with Gasteiger partial charge in [0.1, 0.15) is 0 Å². The number of rotatable bonds is 1. The van der Waals surface area contributed by atoms with Gasteiger partial charge in [-0.3, -0.25) is 0 Å².